The normalized spacial score (nSPS) is 13.6. The van der Waals surface area contributed by atoms with Crippen LogP contribution in [0.25, 0.3) is 20.5 Å². The summed E-state index contributed by atoms with van der Waals surface area (Å²) >= 11 is 1.60. The van der Waals surface area contributed by atoms with E-state index in [0.717, 1.165) is 44.2 Å². The summed E-state index contributed by atoms with van der Waals surface area (Å²) in [5, 5.41) is 0.933. The maximum atomic E-state index is 13.9. The van der Waals surface area contributed by atoms with Gasteiger partial charge in [-0.3, -0.25) is 4.79 Å². The third kappa shape index (κ3) is 6.86. The molecule has 1 aliphatic rings. The number of hydrogen-bond donors (Lipinski definition) is 0. The molecule has 40 heavy (non-hydrogen) atoms. The van der Waals surface area contributed by atoms with Crippen LogP contribution in [-0.4, -0.2) is 51.1 Å². The number of benzene rings is 3. The highest BCUT2D eigenvalue weighted by atomic mass is 32.1. The molecule has 1 aromatic heterocycles. The van der Waals surface area contributed by atoms with Crippen LogP contribution in [0, 0.1) is 0 Å². The highest BCUT2D eigenvalue weighted by molar-refractivity contribution is 7.22. The lowest BCUT2D eigenvalue weighted by Crippen LogP contribution is -2.20. The first-order valence-corrected chi connectivity index (χ1v) is 15.2. The first-order chi connectivity index (χ1) is 19.7. The topological polar surface area (TPSA) is 48.0 Å². The Labute approximate surface area is 241 Å². The molecule has 0 unspecified atom stereocenters. The van der Waals surface area contributed by atoms with Gasteiger partial charge in [0.15, 0.2) is 5.78 Å². The molecule has 1 aliphatic heterocycles. The summed E-state index contributed by atoms with van der Waals surface area (Å²) in [6.07, 6.45) is 8.87. The number of ether oxygens (including phenoxy) is 3. The zero-order valence-corrected chi connectivity index (χ0v) is 24.4. The summed E-state index contributed by atoms with van der Waals surface area (Å²) in [6.45, 7) is 4.55. The molecule has 0 amide bonds. The molecular formula is C34H39NO4S. The van der Waals surface area contributed by atoms with Crippen LogP contribution in [-0.2, 0) is 0 Å². The fourth-order valence-electron chi connectivity index (χ4n) is 5.39. The first-order valence-electron chi connectivity index (χ1n) is 14.4. The second-order valence-electron chi connectivity index (χ2n) is 10.4. The number of unbranched alkanes of at least 4 members (excludes halogenated alkanes) is 4. The van der Waals surface area contributed by atoms with Crippen molar-refractivity contribution < 1.29 is 19.0 Å². The van der Waals surface area contributed by atoms with Crippen molar-refractivity contribution in [1.82, 2.24) is 4.90 Å². The molecule has 0 atom stereocenters. The van der Waals surface area contributed by atoms with Crippen LogP contribution >= 0.6 is 11.3 Å². The molecule has 0 bridgehead atoms. The van der Waals surface area contributed by atoms with E-state index in [2.05, 4.69) is 4.90 Å². The summed E-state index contributed by atoms with van der Waals surface area (Å²) in [7, 11) is 3.31. The minimum atomic E-state index is 0.00251. The first kappa shape index (κ1) is 28.2. The number of carbonyl (C=O) groups is 1. The molecule has 6 heteroatoms. The highest BCUT2D eigenvalue weighted by Crippen LogP contribution is 2.41. The van der Waals surface area contributed by atoms with Crippen molar-refractivity contribution in [2.45, 2.75) is 44.9 Å². The Hall–Kier alpha value is -3.35. The third-order valence-corrected chi connectivity index (χ3v) is 8.88. The second-order valence-corrected chi connectivity index (χ2v) is 11.5. The van der Waals surface area contributed by atoms with Crippen molar-refractivity contribution in [3.63, 3.8) is 0 Å². The third-order valence-electron chi connectivity index (χ3n) is 7.68. The van der Waals surface area contributed by atoms with Crippen molar-refractivity contribution in [1.29, 1.82) is 0 Å². The van der Waals surface area contributed by atoms with Crippen molar-refractivity contribution in [2.75, 3.05) is 40.5 Å². The number of thiophene rings is 1. The Morgan fingerprint density at radius 3 is 2.15 bits per heavy atom. The van der Waals surface area contributed by atoms with E-state index in [0.29, 0.717) is 17.7 Å². The lowest BCUT2D eigenvalue weighted by atomic mass is 9.97. The van der Waals surface area contributed by atoms with Gasteiger partial charge in [0.2, 0.25) is 0 Å². The van der Waals surface area contributed by atoms with E-state index in [1.807, 2.05) is 66.7 Å². The average molecular weight is 558 g/mol. The van der Waals surface area contributed by atoms with Gasteiger partial charge in [-0.1, -0.05) is 19.3 Å². The molecular weight excluding hydrogens is 518 g/mol. The second kappa shape index (κ2) is 13.8. The highest BCUT2D eigenvalue weighted by Gasteiger charge is 2.22. The molecule has 3 aromatic carbocycles. The Morgan fingerprint density at radius 1 is 0.775 bits per heavy atom. The molecule has 0 radical (unpaired) electrons. The molecule has 0 N–H and O–H groups in total. The fraction of sp³-hybridized carbons (Fsp3) is 0.382. The summed E-state index contributed by atoms with van der Waals surface area (Å²) in [4.78, 5) is 17.4. The van der Waals surface area contributed by atoms with Gasteiger partial charge < -0.3 is 19.1 Å². The largest absolute Gasteiger partial charge is 0.497 e. The maximum absolute atomic E-state index is 13.9. The Morgan fingerprint density at radius 2 is 1.43 bits per heavy atom. The zero-order valence-electron chi connectivity index (χ0n) is 23.6. The molecule has 1 fully saturated rings. The van der Waals surface area contributed by atoms with Crippen molar-refractivity contribution in [3.8, 4) is 27.7 Å². The monoisotopic (exact) mass is 557 g/mol. The van der Waals surface area contributed by atoms with E-state index in [1.54, 1.807) is 25.6 Å². The molecule has 5 nitrogen and oxygen atoms in total. The van der Waals surface area contributed by atoms with Gasteiger partial charge in [0.25, 0.3) is 0 Å². The number of carbonyl (C=O) groups excluding carboxylic acids is 1. The summed E-state index contributed by atoms with van der Waals surface area (Å²) in [5.41, 5.74) is 2.35. The molecule has 0 aliphatic carbocycles. The van der Waals surface area contributed by atoms with E-state index < -0.39 is 0 Å². The molecule has 4 aromatic rings. The van der Waals surface area contributed by atoms with Gasteiger partial charge in [-0.05, 0) is 118 Å². The molecule has 0 saturated carbocycles. The van der Waals surface area contributed by atoms with Gasteiger partial charge >= 0.3 is 0 Å². The number of hydrogen-bond acceptors (Lipinski definition) is 6. The predicted octanol–water partition coefficient (Wildman–Crippen LogP) is 8.24. The van der Waals surface area contributed by atoms with E-state index in [-0.39, 0.29) is 5.78 Å². The fourth-order valence-corrected chi connectivity index (χ4v) is 6.62. The Balaban J connectivity index is 1.21. The van der Waals surface area contributed by atoms with Crippen LogP contribution in [0.2, 0.25) is 0 Å². The summed E-state index contributed by atoms with van der Waals surface area (Å²) in [5.74, 6) is 2.37. The van der Waals surface area contributed by atoms with Gasteiger partial charge in [-0.25, -0.2) is 0 Å². The van der Waals surface area contributed by atoms with Crippen LogP contribution in [0.5, 0.6) is 17.2 Å². The number of methoxy groups -OCH3 is 2. The summed E-state index contributed by atoms with van der Waals surface area (Å²) in [6, 6.07) is 21.3. The number of fused-ring (bicyclic) bond motifs is 1. The Kier molecular flexibility index (Phi) is 9.74. The molecule has 1 saturated heterocycles. The summed E-state index contributed by atoms with van der Waals surface area (Å²) < 4.78 is 17.8. The quantitative estimate of drug-likeness (QED) is 0.115. The smallest absolute Gasteiger partial charge is 0.195 e. The molecule has 2 heterocycles. The number of nitrogens with zero attached hydrogens (tertiary/aromatic N) is 1. The van der Waals surface area contributed by atoms with E-state index in [4.69, 9.17) is 14.2 Å². The molecule has 210 valence electrons. The van der Waals surface area contributed by atoms with Crippen LogP contribution in [0.4, 0.5) is 0 Å². The van der Waals surface area contributed by atoms with Crippen LogP contribution in [0.15, 0.2) is 66.7 Å². The van der Waals surface area contributed by atoms with E-state index >= 15 is 0 Å². The Bertz CT molecular complexity index is 1390. The standard InChI is InChI=1S/C34H39NO4S/c1-37-27-14-12-26(13-15-27)34-32(30-19-18-29(38-2)24-31(30)40-34)33(36)25-10-16-28(17-11-25)39-23-9-5-3-4-6-20-35-21-7-8-22-35/h10-19,24H,3-9,20-23H2,1-2H3. The van der Waals surface area contributed by atoms with E-state index in [1.165, 1.54) is 58.2 Å². The van der Waals surface area contributed by atoms with Gasteiger partial charge in [-0.15, -0.1) is 11.3 Å². The minimum absolute atomic E-state index is 0.00251. The van der Waals surface area contributed by atoms with Crippen LogP contribution in [0.3, 0.4) is 0 Å². The van der Waals surface area contributed by atoms with Crippen molar-refractivity contribution in [3.05, 3.63) is 77.9 Å². The van der Waals surface area contributed by atoms with Crippen molar-refractivity contribution in [2.24, 2.45) is 0 Å². The zero-order chi connectivity index (χ0) is 27.7. The van der Waals surface area contributed by atoms with Gasteiger partial charge in [0, 0.05) is 26.1 Å². The van der Waals surface area contributed by atoms with Gasteiger partial charge in [-0.2, -0.15) is 0 Å². The van der Waals surface area contributed by atoms with Crippen molar-refractivity contribution >= 4 is 27.2 Å². The maximum Gasteiger partial charge on any atom is 0.195 e. The lowest BCUT2D eigenvalue weighted by Gasteiger charge is -2.13. The average Bonchev–Trinajstić information content (AvgIpc) is 3.66. The predicted molar refractivity (Wildman–Crippen MR) is 164 cm³/mol. The van der Waals surface area contributed by atoms with E-state index in [9.17, 15) is 4.79 Å². The van der Waals surface area contributed by atoms with Gasteiger partial charge in [0.05, 0.1) is 20.8 Å². The number of rotatable bonds is 14. The SMILES string of the molecule is COc1ccc(-c2sc3cc(OC)ccc3c2C(=O)c2ccc(OCCCCCCCN3CCCC3)cc2)cc1. The van der Waals surface area contributed by atoms with Crippen LogP contribution in [0.1, 0.15) is 60.9 Å². The molecule has 0 spiro atoms. The number of likely N-dealkylation sites (tertiary alicyclic amines) is 1. The van der Waals surface area contributed by atoms with Gasteiger partial charge in [0.1, 0.15) is 17.2 Å². The number of ketones is 1. The lowest BCUT2D eigenvalue weighted by molar-refractivity contribution is 0.104. The van der Waals surface area contributed by atoms with Crippen LogP contribution < -0.4 is 14.2 Å². The molecule has 5 rings (SSSR count). The minimum Gasteiger partial charge on any atom is -0.497 e.